The summed E-state index contributed by atoms with van der Waals surface area (Å²) in [5.74, 6) is -0.486. The summed E-state index contributed by atoms with van der Waals surface area (Å²) in [6.45, 7) is -1.21. The van der Waals surface area contributed by atoms with Crippen molar-refractivity contribution in [2.45, 2.75) is 4.90 Å². The van der Waals surface area contributed by atoms with Crippen molar-refractivity contribution < 1.29 is 23.4 Å². The molecule has 1 amide bonds. The number of nitrogens with zero attached hydrogens (tertiary/aromatic N) is 1. The smallest absolute Gasteiger partial charge is 0.255 e. The fourth-order valence-electron chi connectivity index (χ4n) is 2.28. The van der Waals surface area contributed by atoms with Gasteiger partial charge in [-0.15, -0.1) is 0 Å². The minimum Gasteiger partial charge on any atom is -0.395 e. The molecule has 0 aliphatic carbocycles. The lowest BCUT2D eigenvalue weighted by atomic mass is 10.2. The number of carbonyl (C=O) groups is 1. The molecule has 7 nitrogen and oxygen atoms in total. The van der Waals surface area contributed by atoms with Crippen molar-refractivity contribution in [3.63, 3.8) is 0 Å². The Hall–Kier alpha value is -1.97. The van der Waals surface area contributed by atoms with E-state index in [1.54, 1.807) is 30.3 Å². The van der Waals surface area contributed by atoms with Crippen molar-refractivity contribution in [3.8, 4) is 0 Å². The lowest BCUT2D eigenvalue weighted by Crippen LogP contribution is -2.36. The van der Waals surface area contributed by atoms with Crippen LogP contribution in [0.25, 0.3) is 0 Å². The highest BCUT2D eigenvalue weighted by Crippen LogP contribution is 2.26. The Morgan fingerprint density at radius 1 is 1.04 bits per heavy atom. The first kappa shape index (κ1) is 20.3. The van der Waals surface area contributed by atoms with Gasteiger partial charge in [0.05, 0.1) is 18.2 Å². The topological polar surface area (TPSA) is 107 Å². The number of rotatable bonds is 8. The molecule has 26 heavy (non-hydrogen) atoms. The third-order valence-corrected chi connectivity index (χ3v) is 5.92. The van der Waals surface area contributed by atoms with Crippen molar-refractivity contribution in [1.29, 1.82) is 0 Å². The number of anilines is 1. The summed E-state index contributed by atoms with van der Waals surface area (Å²) in [7, 11) is -4.08. The maximum Gasteiger partial charge on any atom is 0.255 e. The van der Waals surface area contributed by atoms with Crippen molar-refractivity contribution in [1.82, 2.24) is 4.31 Å². The Labute approximate surface area is 156 Å². The second-order valence-corrected chi connectivity index (χ2v) is 7.63. The van der Waals surface area contributed by atoms with Crippen LogP contribution < -0.4 is 5.32 Å². The van der Waals surface area contributed by atoms with Gasteiger partial charge in [0.1, 0.15) is 4.90 Å². The Morgan fingerprint density at radius 3 is 2.23 bits per heavy atom. The zero-order valence-electron chi connectivity index (χ0n) is 13.8. The molecule has 2 aromatic carbocycles. The van der Waals surface area contributed by atoms with Crippen molar-refractivity contribution in [2.75, 3.05) is 31.6 Å². The summed E-state index contributed by atoms with van der Waals surface area (Å²) in [6.07, 6.45) is 0. The molecule has 140 valence electrons. The van der Waals surface area contributed by atoms with Crippen LogP contribution in [0, 0.1) is 0 Å². The van der Waals surface area contributed by atoms with E-state index in [0.29, 0.717) is 5.69 Å². The standard InChI is InChI=1S/C17H19ClN2O5S/c18-15-7-6-13(17(23)19-14-4-2-1-3-5-14)12-16(15)26(24,25)20(8-10-21)9-11-22/h1-7,12,21-22H,8-11H2,(H,19,23). The summed E-state index contributed by atoms with van der Waals surface area (Å²) in [5.41, 5.74) is 0.684. The molecule has 0 saturated carbocycles. The number of carbonyl (C=O) groups excluding carboxylic acids is 1. The Morgan fingerprint density at radius 2 is 1.65 bits per heavy atom. The average Bonchev–Trinajstić information content (AvgIpc) is 2.62. The summed E-state index contributed by atoms with van der Waals surface area (Å²) in [5, 5.41) is 20.7. The second kappa shape index (κ2) is 9.11. The third kappa shape index (κ3) is 4.80. The molecular formula is C17H19ClN2O5S. The molecule has 0 aliphatic heterocycles. The van der Waals surface area contributed by atoms with E-state index in [-0.39, 0.29) is 28.6 Å². The van der Waals surface area contributed by atoms with Gasteiger partial charge in [0.25, 0.3) is 5.91 Å². The van der Waals surface area contributed by atoms with E-state index in [0.717, 1.165) is 4.31 Å². The molecule has 2 rings (SSSR count). The molecule has 2 aromatic rings. The van der Waals surface area contributed by atoms with Crippen LogP contribution in [0.15, 0.2) is 53.4 Å². The van der Waals surface area contributed by atoms with Gasteiger partial charge in [0.15, 0.2) is 0 Å². The highest BCUT2D eigenvalue weighted by Gasteiger charge is 2.27. The zero-order chi connectivity index (χ0) is 19.2. The quantitative estimate of drug-likeness (QED) is 0.625. The van der Waals surface area contributed by atoms with Gasteiger partial charge < -0.3 is 15.5 Å². The van der Waals surface area contributed by atoms with Gasteiger partial charge in [-0.3, -0.25) is 4.79 Å². The monoisotopic (exact) mass is 398 g/mol. The maximum absolute atomic E-state index is 12.8. The van der Waals surface area contributed by atoms with Crippen molar-refractivity contribution >= 4 is 33.2 Å². The highest BCUT2D eigenvalue weighted by atomic mass is 35.5. The molecule has 0 bridgehead atoms. The minimum absolute atomic E-state index is 0.0536. The molecule has 0 fully saturated rings. The van der Waals surface area contributed by atoms with Crippen LogP contribution in [-0.4, -0.2) is 55.1 Å². The average molecular weight is 399 g/mol. The molecular weight excluding hydrogens is 380 g/mol. The molecule has 0 spiro atoms. The van der Waals surface area contributed by atoms with Gasteiger partial charge >= 0.3 is 0 Å². The SMILES string of the molecule is O=C(Nc1ccccc1)c1ccc(Cl)c(S(=O)(=O)N(CCO)CCO)c1. The number of amides is 1. The van der Waals surface area contributed by atoms with E-state index in [2.05, 4.69) is 5.32 Å². The van der Waals surface area contributed by atoms with Gasteiger partial charge in [0, 0.05) is 24.3 Å². The maximum atomic E-state index is 12.8. The number of nitrogens with one attached hydrogen (secondary N) is 1. The first-order chi connectivity index (χ1) is 12.4. The van der Waals surface area contributed by atoms with Crippen LogP contribution in [0.1, 0.15) is 10.4 Å². The molecule has 0 saturated heterocycles. The normalized spacial score (nSPS) is 11.5. The summed E-state index contributed by atoms with van der Waals surface area (Å²) < 4.78 is 26.4. The fraction of sp³-hybridized carbons (Fsp3) is 0.235. The van der Waals surface area contributed by atoms with Gasteiger partial charge in [-0.25, -0.2) is 8.42 Å². The lowest BCUT2D eigenvalue weighted by Gasteiger charge is -2.21. The lowest BCUT2D eigenvalue weighted by molar-refractivity contribution is 0.102. The van der Waals surface area contributed by atoms with Crippen LogP contribution in [0.3, 0.4) is 0 Å². The van der Waals surface area contributed by atoms with Gasteiger partial charge in [-0.2, -0.15) is 4.31 Å². The van der Waals surface area contributed by atoms with Crippen LogP contribution in [0.5, 0.6) is 0 Å². The molecule has 0 aliphatic rings. The van der Waals surface area contributed by atoms with Gasteiger partial charge in [0.2, 0.25) is 10.0 Å². The zero-order valence-corrected chi connectivity index (χ0v) is 15.4. The third-order valence-electron chi connectivity index (χ3n) is 3.54. The van der Waals surface area contributed by atoms with Crippen LogP contribution >= 0.6 is 11.6 Å². The fourth-order valence-corrected chi connectivity index (χ4v) is 4.20. The number of hydrogen-bond donors (Lipinski definition) is 3. The number of benzene rings is 2. The summed E-state index contributed by atoms with van der Waals surface area (Å²) in [6, 6.07) is 12.7. The van der Waals surface area contributed by atoms with Crippen LogP contribution in [0.4, 0.5) is 5.69 Å². The van der Waals surface area contributed by atoms with Gasteiger partial charge in [-0.05, 0) is 30.3 Å². The van der Waals surface area contributed by atoms with E-state index in [9.17, 15) is 13.2 Å². The van der Waals surface area contributed by atoms with E-state index >= 15 is 0 Å². The van der Waals surface area contributed by atoms with E-state index in [1.807, 2.05) is 0 Å². The van der Waals surface area contributed by atoms with E-state index < -0.39 is 29.1 Å². The predicted molar refractivity (Wildman–Crippen MR) is 98.8 cm³/mol. The number of aliphatic hydroxyl groups excluding tert-OH is 2. The molecule has 0 aromatic heterocycles. The first-order valence-electron chi connectivity index (χ1n) is 7.78. The van der Waals surface area contributed by atoms with E-state index in [4.69, 9.17) is 21.8 Å². The molecule has 9 heteroatoms. The molecule has 0 atom stereocenters. The minimum atomic E-state index is -4.08. The van der Waals surface area contributed by atoms with Crippen molar-refractivity contribution in [3.05, 3.63) is 59.1 Å². The molecule has 0 heterocycles. The first-order valence-corrected chi connectivity index (χ1v) is 9.59. The van der Waals surface area contributed by atoms with E-state index in [1.165, 1.54) is 18.2 Å². The van der Waals surface area contributed by atoms with Crippen LogP contribution in [0.2, 0.25) is 5.02 Å². The molecule has 0 radical (unpaired) electrons. The van der Waals surface area contributed by atoms with Crippen molar-refractivity contribution in [2.24, 2.45) is 0 Å². The number of para-hydroxylation sites is 1. The highest BCUT2D eigenvalue weighted by molar-refractivity contribution is 7.89. The molecule has 3 N–H and O–H groups in total. The summed E-state index contributed by atoms with van der Waals surface area (Å²) >= 11 is 6.03. The van der Waals surface area contributed by atoms with Gasteiger partial charge in [-0.1, -0.05) is 29.8 Å². The molecule has 0 unspecified atom stereocenters. The predicted octanol–water partition coefficient (Wildman–Crippen LogP) is 1.57. The van der Waals surface area contributed by atoms with Crippen LogP contribution in [-0.2, 0) is 10.0 Å². The Balaban J connectivity index is 2.35. The Bertz CT molecular complexity index is 853. The number of halogens is 1. The number of hydrogen-bond acceptors (Lipinski definition) is 5. The summed E-state index contributed by atoms with van der Waals surface area (Å²) in [4.78, 5) is 12.1. The Kier molecular flexibility index (Phi) is 7.13. The largest absolute Gasteiger partial charge is 0.395 e. The number of sulfonamides is 1. The number of aliphatic hydroxyl groups is 2. The second-order valence-electron chi connectivity index (χ2n) is 5.32.